The smallest absolute Gasteiger partial charge is 0.123 e. The van der Waals surface area contributed by atoms with Gasteiger partial charge in [0.05, 0.1) is 5.54 Å². The van der Waals surface area contributed by atoms with E-state index in [0.717, 1.165) is 11.1 Å². The lowest BCUT2D eigenvalue weighted by molar-refractivity contribution is 0.513. The predicted octanol–water partition coefficient (Wildman–Crippen LogP) is 4.09. The normalized spacial score (nSPS) is 14.2. The highest BCUT2D eigenvalue weighted by atomic mass is 35.5. The Morgan fingerprint density at radius 2 is 1.89 bits per heavy atom. The van der Waals surface area contributed by atoms with Crippen LogP contribution < -0.4 is 5.73 Å². The first-order valence-electron chi connectivity index (χ1n) is 5.88. The van der Waals surface area contributed by atoms with E-state index < -0.39 is 5.54 Å². The minimum atomic E-state index is -0.763. The molecular formula is C15H15ClFN. The summed E-state index contributed by atoms with van der Waals surface area (Å²) in [5, 5.41) is 0.603. The third-order valence-corrected chi connectivity index (χ3v) is 3.58. The average molecular weight is 264 g/mol. The van der Waals surface area contributed by atoms with Crippen LogP contribution in [0.4, 0.5) is 4.39 Å². The van der Waals surface area contributed by atoms with Crippen molar-refractivity contribution in [2.45, 2.75) is 18.9 Å². The van der Waals surface area contributed by atoms with Crippen molar-refractivity contribution in [1.82, 2.24) is 0 Å². The first-order chi connectivity index (χ1) is 8.58. The first kappa shape index (κ1) is 13.1. The lowest BCUT2D eigenvalue weighted by Gasteiger charge is -2.30. The lowest BCUT2D eigenvalue weighted by Crippen LogP contribution is -2.37. The second-order valence-corrected chi connectivity index (χ2v) is 4.72. The maximum absolute atomic E-state index is 13.4. The molecule has 3 heteroatoms. The molecule has 0 aliphatic carbocycles. The first-order valence-corrected chi connectivity index (χ1v) is 6.25. The highest BCUT2D eigenvalue weighted by molar-refractivity contribution is 6.31. The molecule has 18 heavy (non-hydrogen) atoms. The van der Waals surface area contributed by atoms with Gasteiger partial charge in [-0.2, -0.15) is 0 Å². The van der Waals surface area contributed by atoms with Crippen molar-refractivity contribution in [3.8, 4) is 0 Å². The number of hydrogen-bond acceptors (Lipinski definition) is 1. The molecule has 2 aromatic carbocycles. The Balaban J connectivity index is 2.59. The van der Waals surface area contributed by atoms with E-state index in [1.165, 1.54) is 12.1 Å². The van der Waals surface area contributed by atoms with Crippen LogP contribution in [0, 0.1) is 5.82 Å². The standard InChI is InChI=1S/C15H15ClFN/c1-2-15(18,11-6-5-7-12(17)10-11)13-8-3-4-9-14(13)16/h3-10H,2,18H2,1H3. The van der Waals surface area contributed by atoms with Crippen LogP contribution in [0.5, 0.6) is 0 Å². The zero-order valence-electron chi connectivity index (χ0n) is 10.2. The summed E-state index contributed by atoms with van der Waals surface area (Å²) < 4.78 is 13.4. The number of halogens is 2. The van der Waals surface area contributed by atoms with E-state index in [0.29, 0.717) is 11.4 Å². The molecule has 0 aliphatic rings. The van der Waals surface area contributed by atoms with Gasteiger partial charge in [-0.05, 0) is 35.7 Å². The molecule has 94 valence electrons. The maximum Gasteiger partial charge on any atom is 0.123 e. The van der Waals surface area contributed by atoms with Crippen LogP contribution in [-0.2, 0) is 5.54 Å². The topological polar surface area (TPSA) is 26.0 Å². The molecule has 0 radical (unpaired) electrons. The van der Waals surface area contributed by atoms with Crippen LogP contribution in [0.25, 0.3) is 0 Å². The monoisotopic (exact) mass is 263 g/mol. The zero-order valence-corrected chi connectivity index (χ0v) is 10.9. The Bertz CT molecular complexity index is 556. The van der Waals surface area contributed by atoms with E-state index >= 15 is 0 Å². The van der Waals surface area contributed by atoms with Gasteiger partial charge in [0.15, 0.2) is 0 Å². The third kappa shape index (κ3) is 2.26. The summed E-state index contributed by atoms with van der Waals surface area (Å²) in [6, 6.07) is 13.8. The van der Waals surface area contributed by atoms with Crippen molar-refractivity contribution >= 4 is 11.6 Å². The Labute approximate surface area is 111 Å². The van der Waals surface area contributed by atoms with E-state index in [-0.39, 0.29) is 5.82 Å². The van der Waals surface area contributed by atoms with Crippen molar-refractivity contribution < 1.29 is 4.39 Å². The fraction of sp³-hybridized carbons (Fsp3) is 0.200. The van der Waals surface area contributed by atoms with Crippen LogP contribution >= 0.6 is 11.6 Å². The van der Waals surface area contributed by atoms with Crippen molar-refractivity contribution in [3.05, 3.63) is 70.5 Å². The average Bonchev–Trinajstić information content (AvgIpc) is 2.38. The van der Waals surface area contributed by atoms with E-state index in [1.807, 2.05) is 31.2 Å². The van der Waals surface area contributed by atoms with Crippen LogP contribution in [0.2, 0.25) is 5.02 Å². The molecule has 2 rings (SSSR count). The highest BCUT2D eigenvalue weighted by Crippen LogP contribution is 2.34. The van der Waals surface area contributed by atoms with E-state index in [2.05, 4.69) is 0 Å². The molecule has 0 aliphatic heterocycles. The highest BCUT2D eigenvalue weighted by Gasteiger charge is 2.29. The van der Waals surface area contributed by atoms with Gasteiger partial charge < -0.3 is 5.73 Å². The summed E-state index contributed by atoms with van der Waals surface area (Å²) in [7, 11) is 0. The fourth-order valence-electron chi connectivity index (χ4n) is 2.14. The Hall–Kier alpha value is -1.38. The van der Waals surface area contributed by atoms with Crippen LogP contribution in [-0.4, -0.2) is 0 Å². The summed E-state index contributed by atoms with van der Waals surface area (Å²) in [4.78, 5) is 0. The largest absolute Gasteiger partial charge is 0.318 e. The Morgan fingerprint density at radius 1 is 1.17 bits per heavy atom. The number of hydrogen-bond donors (Lipinski definition) is 1. The summed E-state index contributed by atoms with van der Waals surface area (Å²) in [5.41, 5.74) is 7.25. The zero-order chi connectivity index (χ0) is 13.2. The van der Waals surface area contributed by atoms with Crippen LogP contribution in [0.15, 0.2) is 48.5 Å². The van der Waals surface area contributed by atoms with Gasteiger partial charge in [0.1, 0.15) is 5.82 Å². The van der Waals surface area contributed by atoms with Crippen molar-refractivity contribution in [2.24, 2.45) is 5.73 Å². The van der Waals surface area contributed by atoms with Gasteiger partial charge in [0, 0.05) is 5.02 Å². The molecule has 0 amide bonds. The summed E-state index contributed by atoms with van der Waals surface area (Å²) >= 11 is 6.20. The van der Waals surface area contributed by atoms with Gasteiger partial charge in [-0.3, -0.25) is 0 Å². The van der Waals surface area contributed by atoms with Gasteiger partial charge in [0.2, 0.25) is 0 Å². The Morgan fingerprint density at radius 3 is 2.50 bits per heavy atom. The quantitative estimate of drug-likeness (QED) is 0.887. The van der Waals surface area contributed by atoms with Gasteiger partial charge in [-0.1, -0.05) is 48.9 Å². The molecule has 0 fully saturated rings. The molecule has 0 saturated heterocycles. The summed E-state index contributed by atoms with van der Waals surface area (Å²) in [6.45, 7) is 1.97. The molecule has 0 bridgehead atoms. The third-order valence-electron chi connectivity index (χ3n) is 3.25. The van der Waals surface area contributed by atoms with E-state index in [4.69, 9.17) is 17.3 Å². The predicted molar refractivity (Wildman–Crippen MR) is 73.1 cm³/mol. The summed E-state index contributed by atoms with van der Waals surface area (Å²) in [5.74, 6) is -0.289. The second kappa shape index (κ2) is 5.09. The maximum atomic E-state index is 13.4. The Kier molecular flexibility index (Phi) is 3.69. The minimum Gasteiger partial charge on any atom is -0.318 e. The van der Waals surface area contributed by atoms with Gasteiger partial charge >= 0.3 is 0 Å². The molecule has 1 nitrogen and oxygen atoms in total. The number of benzene rings is 2. The van der Waals surface area contributed by atoms with E-state index in [1.54, 1.807) is 12.1 Å². The minimum absolute atomic E-state index is 0.289. The van der Waals surface area contributed by atoms with E-state index in [9.17, 15) is 4.39 Å². The van der Waals surface area contributed by atoms with Crippen LogP contribution in [0.3, 0.4) is 0 Å². The van der Waals surface area contributed by atoms with Gasteiger partial charge in [0.25, 0.3) is 0 Å². The lowest BCUT2D eigenvalue weighted by atomic mass is 9.81. The van der Waals surface area contributed by atoms with Crippen molar-refractivity contribution in [3.63, 3.8) is 0 Å². The van der Waals surface area contributed by atoms with Crippen molar-refractivity contribution in [1.29, 1.82) is 0 Å². The molecule has 0 saturated carbocycles. The molecule has 1 unspecified atom stereocenters. The fourth-order valence-corrected chi connectivity index (χ4v) is 2.44. The van der Waals surface area contributed by atoms with Crippen molar-refractivity contribution in [2.75, 3.05) is 0 Å². The second-order valence-electron chi connectivity index (χ2n) is 4.32. The SMILES string of the molecule is CCC(N)(c1cccc(F)c1)c1ccccc1Cl. The van der Waals surface area contributed by atoms with Gasteiger partial charge in [-0.15, -0.1) is 0 Å². The molecule has 1 atom stereocenters. The molecule has 0 aromatic heterocycles. The number of nitrogens with two attached hydrogens (primary N) is 1. The summed E-state index contributed by atoms with van der Waals surface area (Å²) in [6.07, 6.45) is 0.639. The number of rotatable bonds is 3. The molecule has 0 spiro atoms. The molecule has 2 N–H and O–H groups in total. The molecule has 2 aromatic rings. The van der Waals surface area contributed by atoms with Gasteiger partial charge in [-0.25, -0.2) is 4.39 Å². The van der Waals surface area contributed by atoms with Crippen LogP contribution in [0.1, 0.15) is 24.5 Å². The molecular weight excluding hydrogens is 249 g/mol. The molecule has 0 heterocycles.